The molecule has 106 valence electrons. The molecule has 2 aromatic rings. The molecule has 0 saturated carbocycles. The van der Waals surface area contributed by atoms with Gasteiger partial charge in [0.05, 0.1) is 15.7 Å². The van der Waals surface area contributed by atoms with Gasteiger partial charge in [0.15, 0.2) is 9.84 Å². The van der Waals surface area contributed by atoms with Crippen LogP contribution in [-0.4, -0.2) is 31.7 Å². The van der Waals surface area contributed by atoms with Crippen LogP contribution in [-0.2, 0) is 9.84 Å². The second-order valence-electron chi connectivity index (χ2n) is 5.07. The van der Waals surface area contributed by atoms with Gasteiger partial charge in [-0.1, -0.05) is 0 Å². The van der Waals surface area contributed by atoms with Crippen LogP contribution in [0.5, 0.6) is 0 Å². The quantitative estimate of drug-likeness (QED) is 0.872. The number of anilines is 1. The number of sulfone groups is 1. The Kier molecular flexibility index (Phi) is 3.35. The molecule has 0 spiro atoms. The smallest absolute Gasteiger partial charge is 0.181 e. The molecule has 0 aliphatic carbocycles. The first kappa shape index (κ1) is 13.3. The lowest BCUT2D eigenvalue weighted by atomic mass is 10.2. The predicted molar refractivity (Wildman–Crippen MR) is 79.2 cm³/mol. The van der Waals surface area contributed by atoms with Crippen LogP contribution in [0.15, 0.2) is 35.4 Å². The predicted octanol–water partition coefficient (Wildman–Crippen LogP) is 1.34. The van der Waals surface area contributed by atoms with Crippen LogP contribution in [0.3, 0.4) is 0 Å². The summed E-state index contributed by atoms with van der Waals surface area (Å²) in [4.78, 5) is 4.54. The van der Waals surface area contributed by atoms with Gasteiger partial charge < -0.3 is 11.1 Å². The molecule has 1 aromatic carbocycles. The van der Waals surface area contributed by atoms with Gasteiger partial charge >= 0.3 is 0 Å². The third-order valence-electron chi connectivity index (χ3n) is 3.80. The number of rotatable bonds is 2. The molecule has 0 amide bonds. The fourth-order valence-corrected chi connectivity index (χ4v) is 4.40. The Morgan fingerprint density at radius 1 is 1.20 bits per heavy atom. The number of hydrogen-bond acceptors (Lipinski definition) is 5. The fourth-order valence-electron chi connectivity index (χ4n) is 2.62. The minimum Gasteiger partial charge on any atom is -0.398 e. The molecular weight excluding hydrogens is 274 g/mol. The third-order valence-corrected chi connectivity index (χ3v) is 6.06. The lowest BCUT2D eigenvalue weighted by molar-refractivity contribution is 0.496. The molecular formula is C14H17N3O2S. The van der Waals surface area contributed by atoms with E-state index in [0.29, 0.717) is 34.3 Å². The summed E-state index contributed by atoms with van der Waals surface area (Å²) in [6.45, 7) is 1.50. The van der Waals surface area contributed by atoms with Gasteiger partial charge in [0.2, 0.25) is 0 Å². The lowest BCUT2D eigenvalue weighted by Crippen LogP contribution is -2.35. The van der Waals surface area contributed by atoms with E-state index in [-0.39, 0.29) is 5.25 Å². The highest BCUT2D eigenvalue weighted by molar-refractivity contribution is 7.92. The van der Waals surface area contributed by atoms with Crippen molar-refractivity contribution in [2.24, 2.45) is 0 Å². The Labute approximate surface area is 118 Å². The second kappa shape index (κ2) is 5.03. The molecule has 3 rings (SSSR count). The van der Waals surface area contributed by atoms with E-state index in [1.165, 1.54) is 0 Å². The van der Waals surface area contributed by atoms with Gasteiger partial charge in [-0.05, 0) is 50.2 Å². The van der Waals surface area contributed by atoms with Crippen LogP contribution in [0.2, 0.25) is 0 Å². The zero-order valence-electron chi connectivity index (χ0n) is 11.0. The molecule has 6 heteroatoms. The molecule has 20 heavy (non-hydrogen) atoms. The summed E-state index contributed by atoms with van der Waals surface area (Å²) in [7, 11) is -3.29. The SMILES string of the molecule is Nc1ccnc2ccc(S(=O)(=O)C3CCNCC3)cc12. The van der Waals surface area contributed by atoms with Gasteiger partial charge in [0.25, 0.3) is 0 Å². The highest BCUT2D eigenvalue weighted by atomic mass is 32.2. The number of pyridine rings is 1. The van der Waals surface area contributed by atoms with Crippen LogP contribution in [0.25, 0.3) is 10.9 Å². The molecule has 0 atom stereocenters. The Morgan fingerprint density at radius 2 is 1.95 bits per heavy atom. The maximum absolute atomic E-state index is 12.7. The lowest BCUT2D eigenvalue weighted by Gasteiger charge is -2.22. The van der Waals surface area contributed by atoms with Gasteiger partial charge in [-0.15, -0.1) is 0 Å². The molecule has 0 bridgehead atoms. The fraction of sp³-hybridized carbons (Fsp3) is 0.357. The van der Waals surface area contributed by atoms with Crippen molar-refractivity contribution in [1.82, 2.24) is 10.3 Å². The number of piperidine rings is 1. The first-order valence-corrected chi connectivity index (χ1v) is 8.22. The Hall–Kier alpha value is -1.66. The van der Waals surface area contributed by atoms with Crippen molar-refractivity contribution in [3.63, 3.8) is 0 Å². The first-order valence-electron chi connectivity index (χ1n) is 6.68. The summed E-state index contributed by atoms with van der Waals surface area (Å²) in [5.41, 5.74) is 7.17. The number of nitrogens with two attached hydrogens (primary N) is 1. The maximum Gasteiger partial charge on any atom is 0.181 e. The van der Waals surface area contributed by atoms with E-state index in [0.717, 1.165) is 13.1 Å². The first-order chi connectivity index (χ1) is 9.59. The van der Waals surface area contributed by atoms with Crippen molar-refractivity contribution in [2.45, 2.75) is 23.0 Å². The minimum atomic E-state index is -3.29. The van der Waals surface area contributed by atoms with E-state index in [1.807, 2.05) is 0 Å². The van der Waals surface area contributed by atoms with Crippen molar-refractivity contribution in [3.05, 3.63) is 30.5 Å². The molecule has 1 saturated heterocycles. The number of nitrogens with one attached hydrogen (secondary N) is 1. The summed E-state index contributed by atoms with van der Waals surface area (Å²) >= 11 is 0. The Bertz CT molecular complexity index is 737. The average molecular weight is 291 g/mol. The maximum atomic E-state index is 12.7. The van der Waals surface area contributed by atoms with Crippen LogP contribution >= 0.6 is 0 Å². The van der Waals surface area contributed by atoms with Crippen LogP contribution in [0.4, 0.5) is 5.69 Å². The van der Waals surface area contributed by atoms with Gasteiger partial charge in [-0.25, -0.2) is 8.42 Å². The second-order valence-corrected chi connectivity index (χ2v) is 7.30. The van der Waals surface area contributed by atoms with E-state index in [2.05, 4.69) is 10.3 Å². The van der Waals surface area contributed by atoms with Crippen LogP contribution in [0.1, 0.15) is 12.8 Å². The number of hydrogen-bond donors (Lipinski definition) is 2. The molecule has 0 radical (unpaired) electrons. The number of benzene rings is 1. The molecule has 1 aliphatic rings. The molecule has 0 unspecified atom stereocenters. The van der Waals surface area contributed by atoms with Crippen molar-refractivity contribution >= 4 is 26.4 Å². The number of aromatic nitrogens is 1. The highest BCUT2D eigenvalue weighted by Crippen LogP contribution is 2.27. The monoisotopic (exact) mass is 291 g/mol. The summed E-state index contributed by atoms with van der Waals surface area (Å²) in [5, 5.41) is 3.57. The van der Waals surface area contributed by atoms with E-state index < -0.39 is 9.84 Å². The van der Waals surface area contributed by atoms with Crippen molar-refractivity contribution < 1.29 is 8.42 Å². The van der Waals surface area contributed by atoms with Gasteiger partial charge in [-0.3, -0.25) is 4.98 Å². The van der Waals surface area contributed by atoms with E-state index in [1.54, 1.807) is 30.5 Å². The standard InChI is InChI=1S/C14H17N3O2S/c15-13-5-8-17-14-2-1-11(9-12(13)14)20(18,19)10-3-6-16-7-4-10/h1-2,5,8-10,16H,3-4,6-7H2,(H2,15,17). The van der Waals surface area contributed by atoms with E-state index >= 15 is 0 Å². The van der Waals surface area contributed by atoms with Crippen LogP contribution < -0.4 is 11.1 Å². The number of nitrogen functional groups attached to an aromatic ring is 1. The van der Waals surface area contributed by atoms with Gasteiger partial charge in [-0.2, -0.15) is 0 Å². The third kappa shape index (κ3) is 2.25. The summed E-state index contributed by atoms with van der Waals surface area (Å²) in [6.07, 6.45) is 2.93. The zero-order valence-corrected chi connectivity index (χ0v) is 11.9. The highest BCUT2D eigenvalue weighted by Gasteiger charge is 2.29. The van der Waals surface area contributed by atoms with E-state index in [9.17, 15) is 8.42 Å². The summed E-state index contributed by atoms with van der Waals surface area (Å²) in [6, 6.07) is 6.68. The molecule has 3 N–H and O–H groups in total. The summed E-state index contributed by atoms with van der Waals surface area (Å²) < 4.78 is 25.3. The van der Waals surface area contributed by atoms with Crippen molar-refractivity contribution in [2.75, 3.05) is 18.8 Å². The molecule has 5 nitrogen and oxygen atoms in total. The van der Waals surface area contributed by atoms with Crippen molar-refractivity contribution in [1.29, 1.82) is 0 Å². The number of fused-ring (bicyclic) bond motifs is 1. The number of nitrogens with zero attached hydrogens (tertiary/aromatic N) is 1. The topological polar surface area (TPSA) is 85.1 Å². The Balaban J connectivity index is 2.07. The van der Waals surface area contributed by atoms with E-state index in [4.69, 9.17) is 5.73 Å². The summed E-state index contributed by atoms with van der Waals surface area (Å²) in [5.74, 6) is 0. The zero-order chi connectivity index (χ0) is 14.2. The average Bonchev–Trinajstić information content (AvgIpc) is 2.48. The molecule has 1 fully saturated rings. The molecule has 2 heterocycles. The van der Waals surface area contributed by atoms with Crippen LogP contribution in [0, 0.1) is 0 Å². The molecule has 1 aromatic heterocycles. The Morgan fingerprint density at radius 3 is 2.70 bits per heavy atom. The van der Waals surface area contributed by atoms with Gasteiger partial charge in [0, 0.05) is 17.3 Å². The minimum absolute atomic E-state index is 0.306. The normalized spacial score (nSPS) is 17.4. The largest absolute Gasteiger partial charge is 0.398 e. The molecule has 1 aliphatic heterocycles. The van der Waals surface area contributed by atoms with Crippen molar-refractivity contribution in [3.8, 4) is 0 Å². The van der Waals surface area contributed by atoms with Gasteiger partial charge in [0.1, 0.15) is 0 Å².